The molecule has 0 bridgehead atoms. The van der Waals surface area contributed by atoms with E-state index in [2.05, 4.69) is 4.98 Å². The van der Waals surface area contributed by atoms with Crippen LogP contribution in [0.1, 0.15) is 0 Å². The second kappa shape index (κ2) is 5.11. The van der Waals surface area contributed by atoms with Gasteiger partial charge < -0.3 is 4.55 Å². The summed E-state index contributed by atoms with van der Waals surface area (Å²) in [6, 6.07) is 13.4. The summed E-state index contributed by atoms with van der Waals surface area (Å²) in [5.41, 5.74) is 2.54. The monoisotopic (exact) mass is 287 g/mol. The van der Waals surface area contributed by atoms with Crippen molar-refractivity contribution in [3.05, 3.63) is 60.5 Å². The lowest BCUT2D eigenvalue weighted by Crippen LogP contribution is -1.90. The number of rotatable bonds is 2. The summed E-state index contributed by atoms with van der Waals surface area (Å²) in [6.07, 6.45) is 1.38. The summed E-state index contributed by atoms with van der Waals surface area (Å²) in [4.78, 5) is 4.45. The maximum Gasteiger partial charge on any atom is 0.188 e. The van der Waals surface area contributed by atoms with E-state index in [1.165, 1.54) is 18.3 Å². The minimum Gasteiger partial charge on any atom is -0.302 e. The van der Waals surface area contributed by atoms with Crippen molar-refractivity contribution in [3.63, 3.8) is 0 Å². The normalized spacial score (nSPS) is 12.5. The quantitative estimate of drug-likeness (QED) is 0.732. The largest absolute Gasteiger partial charge is 0.302 e. The molecular formula is C15H10FNO2S. The maximum absolute atomic E-state index is 12.9. The fourth-order valence-corrected chi connectivity index (χ4v) is 2.39. The molecule has 0 amide bonds. The van der Waals surface area contributed by atoms with Crippen molar-refractivity contribution in [2.24, 2.45) is 0 Å². The second-order valence-corrected chi connectivity index (χ2v) is 5.30. The second-order valence-electron chi connectivity index (χ2n) is 4.33. The zero-order chi connectivity index (χ0) is 14.1. The molecule has 2 aromatic carbocycles. The van der Waals surface area contributed by atoms with Crippen LogP contribution in [0.5, 0.6) is 0 Å². The van der Waals surface area contributed by atoms with Crippen LogP contribution in [0.4, 0.5) is 4.39 Å². The predicted octanol–water partition coefficient (Wildman–Crippen LogP) is 3.62. The highest BCUT2D eigenvalue weighted by atomic mass is 32.2. The number of pyridine rings is 1. The van der Waals surface area contributed by atoms with Crippen LogP contribution in [-0.2, 0) is 11.1 Å². The van der Waals surface area contributed by atoms with E-state index >= 15 is 0 Å². The van der Waals surface area contributed by atoms with E-state index in [0.717, 1.165) is 22.0 Å². The van der Waals surface area contributed by atoms with Crippen LogP contribution in [0.15, 0.2) is 59.6 Å². The molecule has 1 unspecified atom stereocenters. The van der Waals surface area contributed by atoms with Crippen LogP contribution < -0.4 is 0 Å². The number of fused-ring (bicyclic) bond motifs is 1. The van der Waals surface area contributed by atoms with Gasteiger partial charge in [0.05, 0.1) is 10.4 Å². The molecule has 0 fully saturated rings. The van der Waals surface area contributed by atoms with Crippen molar-refractivity contribution in [1.29, 1.82) is 0 Å². The molecule has 0 radical (unpaired) electrons. The topological polar surface area (TPSA) is 50.2 Å². The first-order valence-electron chi connectivity index (χ1n) is 5.90. The SMILES string of the molecule is O=S(O)c1cnc2cc(-c3ccc(F)cc3)ccc2c1. The average Bonchev–Trinajstić information content (AvgIpc) is 2.47. The smallest absolute Gasteiger partial charge is 0.188 e. The average molecular weight is 287 g/mol. The lowest BCUT2D eigenvalue weighted by atomic mass is 10.0. The Bertz CT molecular complexity index is 803. The molecule has 3 aromatic rings. The molecule has 0 spiro atoms. The molecule has 20 heavy (non-hydrogen) atoms. The molecule has 0 saturated heterocycles. The van der Waals surface area contributed by atoms with Crippen molar-refractivity contribution < 1.29 is 13.2 Å². The molecule has 100 valence electrons. The number of halogens is 1. The molecule has 1 N–H and O–H groups in total. The molecule has 0 aliphatic heterocycles. The van der Waals surface area contributed by atoms with Gasteiger partial charge in [0.25, 0.3) is 0 Å². The summed E-state index contributed by atoms with van der Waals surface area (Å²) >= 11 is -2.03. The highest BCUT2D eigenvalue weighted by Gasteiger charge is 2.05. The van der Waals surface area contributed by atoms with Gasteiger partial charge in [-0.15, -0.1) is 0 Å². The fraction of sp³-hybridized carbons (Fsp3) is 0. The first-order chi connectivity index (χ1) is 9.63. The van der Waals surface area contributed by atoms with E-state index in [0.29, 0.717) is 0 Å². The minimum atomic E-state index is -2.03. The van der Waals surface area contributed by atoms with Crippen molar-refractivity contribution >= 4 is 22.0 Å². The molecule has 0 saturated carbocycles. The first-order valence-corrected chi connectivity index (χ1v) is 7.01. The maximum atomic E-state index is 12.9. The van der Waals surface area contributed by atoms with Crippen molar-refractivity contribution in [2.45, 2.75) is 4.90 Å². The van der Waals surface area contributed by atoms with Crippen molar-refractivity contribution in [3.8, 4) is 11.1 Å². The molecule has 0 aliphatic carbocycles. The van der Waals surface area contributed by atoms with Crippen LogP contribution in [0.3, 0.4) is 0 Å². The van der Waals surface area contributed by atoms with Crippen molar-refractivity contribution in [1.82, 2.24) is 4.98 Å². The lowest BCUT2D eigenvalue weighted by Gasteiger charge is -2.04. The van der Waals surface area contributed by atoms with E-state index in [1.54, 1.807) is 18.2 Å². The Hall–Kier alpha value is -2.11. The Morgan fingerprint density at radius 2 is 1.70 bits per heavy atom. The highest BCUT2D eigenvalue weighted by molar-refractivity contribution is 7.79. The lowest BCUT2D eigenvalue weighted by molar-refractivity contribution is 0.564. The Balaban J connectivity index is 2.09. The molecule has 3 nitrogen and oxygen atoms in total. The first kappa shape index (κ1) is 12.9. The number of hydrogen-bond donors (Lipinski definition) is 1. The molecular weight excluding hydrogens is 277 g/mol. The van der Waals surface area contributed by atoms with Gasteiger partial charge in [0.2, 0.25) is 0 Å². The Morgan fingerprint density at radius 3 is 2.40 bits per heavy atom. The molecule has 3 rings (SSSR count). The van der Waals surface area contributed by atoms with Gasteiger partial charge in [-0.05, 0) is 35.4 Å². The van der Waals surface area contributed by atoms with E-state index in [9.17, 15) is 8.60 Å². The number of benzene rings is 2. The van der Waals surface area contributed by atoms with Crippen LogP contribution in [0.2, 0.25) is 0 Å². The zero-order valence-electron chi connectivity index (χ0n) is 10.3. The standard InChI is InChI=1S/C15H10FNO2S/c16-13-5-3-10(4-6-13)11-1-2-12-7-14(20(18)19)9-17-15(12)8-11/h1-9H,(H,18,19). The van der Waals surface area contributed by atoms with Crippen LogP contribution in [0, 0.1) is 5.82 Å². The van der Waals surface area contributed by atoms with E-state index < -0.39 is 11.1 Å². The number of nitrogens with zero attached hydrogens (tertiary/aromatic N) is 1. The van der Waals surface area contributed by atoms with E-state index in [-0.39, 0.29) is 10.7 Å². The Morgan fingerprint density at radius 1 is 1.00 bits per heavy atom. The molecule has 1 heterocycles. The third-order valence-corrected chi connectivity index (χ3v) is 3.66. The van der Waals surface area contributed by atoms with Gasteiger partial charge in [-0.3, -0.25) is 4.98 Å². The third-order valence-electron chi connectivity index (χ3n) is 3.04. The van der Waals surface area contributed by atoms with Gasteiger partial charge in [-0.1, -0.05) is 24.3 Å². The Labute approximate surface area is 117 Å². The summed E-state index contributed by atoms with van der Waals surface area (Å²) in [7, 11) is 0. The summed E-state index contributed by atoms with van der Waals surface area (Å²) < 4.78 is 32.9. The summed E-state index contributed by atoms with van der Waals surface area (Å²) in [5, 5.41) is 0.788. The van der Waals surface area contributed by atoms with E-state index in [4.69, 9.17) is 4.55 Å². The predicted molar refractivity (Wildman–Crippen MR) is 76.2 cm³/mol. The molecule has 5 heteroatoms. The van der Waals surface area contributed by atoms with Gasteiger partial charge in [-0.2, -0.15) is 0 Å². The minimum absolute atomic E-state index is 0.270. The zero-order valence-corrected chi connectivity index (χ0v) is 11.1. The fourth-order valence-electron chi connectivity index (χ4n) is 2.02. The molecule has 1 aromatic heterocycles. The van der Waals surface area contributed by atoms with Crippen LogP contribution in [0.25, 0.3) is 22.0 Å². The van der Waals surface area contributed by atoms with Gasteiger partial charge in [-0.25, -0.2) is 8.60 Å². The third kappa shape index (κ3) is 2.45. The molecule has 0 aliphatic rings. The highest BCUT2D eigenvalue weighted by Crippen LogP contribution is 2.24. The summed E-state index contributed by atoms with van der Waals surface area (Å²) in [5.74, 6) is -0.275. The van der Waals surface area contributed by atoms with Gasteiger partial charge in [0, 0.05) is 11.6 Å². The van der Waals surface area contributed by atoms with Crippen LogP contribution in [-0.4, -0.2) is 13.7 Å². The van der Waals surface area contributed by atoms with Gasteiger partial charge in [0.1, 0.15) is 5.82 Å². The number of hydrogen-bond acceptors (Lipinski definition) is 2. The van der Waals surface area contributed by atoms with Gasteiger partial charge >= 0.3 is 0 Å². The number of aromatic nitrogens is 1. The van der Waals surface area contributed by atoms with Gasteiger partial charge in [0.15, 0.2) is 11.1 Å². The summed E-state index contributed by atoms with van der Waals surface area (Å²) in [6.45, 7) is 0. The van der Waals surface area contributed by atoms with Crippen molar-refractivity contribution in [2.75, 3.05) is 0 Å². The van der Waals surface area contributed by atoms with E-state index in [1.807, 2.05) is 18.2 Å². The Kier molecular flexibility index (Phi) is 3.30. The molecule has 1 atom stereocenters. The van der Waals surface area contributed by atoms with Crippen LogP contribution >= 0.6 is 0 Å².